The standard InChI is InChI=1S/C14H19N3O4/c1-3-10(8-18)16-13(20)14(21)17-12-6-4-5-11(7-12)15-9(2)19/h4-7,10,18H,3,8H2,1-2H3,(H,15,19)(H,16,20)(H,17,21). The highest BCUT2D eigenvalue weighted by Gasteiger charge is 2.17. The number of aliphatic hydroxyl groups is 1. The molecule has 0 radical (unpaired) electrons. The van der Waals surface area contributed by atoms with Crippen molar-refractivity contribution in [2.24, 2.45) is 0 Å². The summed E-state index contributed by atoms with van der Waals surface area (Å²) in [7, 11) is 0. The van der Waals surface area contributed by atoms with Gasteiger partial charge in [-0.15, -0.1) is 0 Å². The Bertz CT molecular complexity index is 527. The van der Waals surface area contributed by atoms with Gasteiger partial charge in [0.15, 0.2) is 0 Å². The SMILES string of the molecule is CCC(CO)NC(=O)C(=O)Nc1cccc(NC(C)=O)c1. The van der Waals surface area contributed by atoms with Crippen molar-refractivity contribution >= 4 is 29.1 Å². The lowest BCUT2D eigenvalue weighted by molar-refractivity contribution is -0.136. The third-order valence-corrected chi connectivity index (χ3v) is 2.70. The molecule has 1 rings (SSSR count). The molecule has 0 bridgehead atoms. The van der Waals surface area contributed by atoms with Gasteiger partial charge >= 0.3 is 11.8 Å². The zero-order valence-corrected chi connectivity index (χ0v) is 12.0. The summed E-state index contributed by atoms with van der Waals surface area (Å²) in [5.41, 5.74) is 0.904. The molecule has 21 heavy (non-hydrogen) atoms. The van der Waals surface area contributed by atoms with Crippen LogP contribution < -0.4 is 16.0 Å². The molecular formula is C14H19N3O4. The van der Waals surface area contributed by atoms with Crippen molar-refractivity contribution in [3.8, 4) is 0 Å². The monoisotopic (exact) mass is 293 g/mol. The van der Waals surface area contributed by atoms with Crippen molar-refractivity contribution in [2.45, 2.75) is 26.3 Å². The minimum Gasteiger partial charge on any atom is -0.394 e. The Morgan fingerprint density at radius 1 is 1.14 bits per heavy atom. The lowest BCUT2D eigenvalue weighted by Crippen LogP contribution is -2.43. The van der Waals surface area contributed by atoms with Crippen molar-refractivity contribution in [2.75, 3.05) is 17.2 Å². The Hall–Kier alpha value is -2.41. The van der Waals surface area contributed by atoms with Crippen molar-refractivity contribution in [1.82, 2.24) is 5.32 Å². The van der Waals surface area contributed by atoms with Crippen molar-refractivity contribution in [3.05, 3.63) is 24.3 Å². The van der Waals surface area contributed by atoms with Crippen LogP contribution in [-0.4, -0.2) is 35.5 Å². The molecule has 1 aromatic carbocycles. The largest absolute Gasteiger partial charge is 0.394 e. The number of amides is 3. The van der Waals surface area contributed by atoms with Crippen LogP contribution in [0, 0.1) is 0 Å². The van der Waals surface area contributed by atoms with E-state index in [4.69, 9.17) is 5.11 Å². The predicted octanol–water partition coefficient (Wildman–Crippen LogP) is 0.471. The summed E-state index contributed by atoms with van der Waals surface area (Å²) in [4.78, 5) is 34.3. The second-order valence-electron chi connectivity index (χ2n) is 4.48. The van der Waals surface area contributed by atoms with E-state index in [1.807, 2.05) is 0 Å². The van der Waals surface area contributed by atoms with Gasteiger partial charge in [0, 0.05) is 18.3 Å². The fraction of sp³-hybridized carbons (Fsp3) is 0.357. The van der Waals surface area contributed by atoms with Gasteiger partial charge in [0.05, 0.1) is 12.6 Å². The first-order valence-corrected chi connectivity index (χ1v) is 6.56. The molecule has 114 valence electrons. The first-order chi connectivity index (χ1) is 9.96. The van der Waals surface area contributed by atoms with Gasteiger partial charge in [-0.1, -0.05) is 13.0 Å². The molecule has 0 spiro atoms. The first-order valence-electron chi connectivity index (χ1n) is 6.56. The van der Waals surface area contributed by atoms with Crippen molar-refractivity contribution in [1.29, 1.82) is 0 Å². The molecular weight excluding hydrogens is 274 g/mol. The molecule has 0 fully saturated rings. The molecule has 1 aromatic rings. The summed E-state index contributed by atoms with van der Waals surface area (Å²) >= 11 is 0. The third-order valence-electron chi connectivity index (χ3n) is 2.70. The van der Waals surface area contributed by atoms with Crippen LogP contribution >= 0.6 is 0 Å². The number of aliphatic hydroxyl groups excluding tert-OH is 1. The zero-order valence-electron chi connectivity index (χ0n) is 12.0. The molecule has 7 heteroatoms. The maximum absolute atomic E-state index is 11.7. The fourth-order valence-corrected chi connectivity index (χ4v) is 1.59. The summed E-state index contributed by atoms with van der Waals surface area (Å²) in [5.74, 6) is -1.88. The van der Waals surface area contributed by atoms with E-state index in [1.54, 1.807) is 25.1 Å². The maximum Gasteiger partial charge on any atom is 0.313 e. The lowest BCUT2D eigenvalue weighted by Gasteiger charge is -2.13. The lowest BCUT2D eigenvalue weighted by atomic mass is 10.2. The quantitative estimate of drug-likeness (QED) is 0.592. The van der Waals surface area contributed by atoms with E-state index in [2.05, 4.69) is 16.0 Å². The number of anilines is 2. The highest BCUT2D eigenvalue weighted by atomic mass is 16.3. The Kier molecular flexibility index (Phi) is 6.35. The number of hydrogen-bond acceptors (Lipinski definition) is 4. The molecule has 3 amide bonds. The molecule has 0 heterocycles. The topological polar surface area (TPSA) is 108 Å². The van der Waals surface area contributed by atoms with E-state index in [0.29, 0.717) is 17.8 Å². The summed E-state index contributed by atoms with van der Waals surface area (Å²) in [6, 6.07) is 5.99. The maximum atomic E-state index is 11.7. The van der Waals surface area contributed by atoms with Crippen molar-refractivity contribution in [3.63, 3.8) is 0 Å². The number of carbonyl (C=O) groups is 3. The van der Waals surface area contributed by atoms with E-state index in [1.165, 1.54) is 13.0 Å². The molecule has 0 saturated carbocycles. The van der Waals surface area contributed by atoms with Gasteiger partial charge in [0.1, 0.15) is 0 Å². The fourth-order valence-electron chi connectivity index (χ4n) is 1.59. The van der Waals surface area contributed by atoms with E-state index in [-0.39, 0.29) is 12.5 Å². The summed E-state index contributed by atoms with van der Waals surface area (Å²) < 4.78 is 0. The van der Waals surface area contributed by atoms with E-state index < -0.39 is 17.9 Å². The van der Waals surface area contributed by atoms with Crippen LogP contribution in [0.5, 0.6) is 0 Å². The Balaban J connectivity index is 2.65. The first kappa shape index (κ1) is 16.6. The zero-order chi connectivity index (χ0) is 15.8. The second kappa shape index (κ2) is 8.01. The number of hydrogen-bond donors (Lipinski definition) is 4. The smallest absolute Gasteiger partial charge is 0.313 e. The van der Waals surface area contributed by atoms with Gasteiger partial charge in [-0.3, -0.25) is 14.4 Å². The molecule has 4 N–H and O–H groups in total. The normalized spacial score (nSPS) is 11.4. The van der Waals surface area contributed by atoms with Crippen LogP contribution in [0.25, 0.3) is 0 Å². The van der Waals surface area contributed by atoms with Gasteiger partial charge in [-0.05, 0) is 24.6 Å². The molecule has 0 aliphatic carbocycles. The van der Waals surface area contributed by atoms with Crippen LogP contribution in [0.3, 0.4) is 0 Å². The second-order valence-corrected chi connectivity index (χ2v) is 4.48. The average Bonchev–Trinajstić information content (AvgIpc) is 2.44. The minimum atomic E-state index is -0.832. The number of rotatable bonds is 5. The van der Waals surface area contributed by atoms with E-state index >= 15 is 0 Å². The number of carbonyl (C=O) groups excluding carboxylic acids is 3. The van der Waals surface area contributed by atoms with E-state index in [9.17, 15) is 14.4 Å². The van der Waals surface area contributed by atoms with Gasteiger partial charge in [0.2, 0.25) is 5.91 Å². The van der Waals surface area contributed by atoms with Crippen LogP contribution in [-0.2, 0) is 14.4 Å². The molecule has 0 aliphatic heterocycles. The summed E-state index contributed by atoms with van der Waals surface area (Å²) in [5, 5.41) is 16.4. The van der Waals surface area contributed by atoms with Crippen molar-refractivity contribution < 1.29 is 19.5 Å². The molecule has 0 aromatic heterocycles. The Labute approximate surface area is 122 Å². The Morgan fingerprint density at radius 2 is 1.76 bits per heavy atom. The minimum absolute atomic E-state index is 0.229. The summed E-state index contributed by atoms with van der Waals surface area (Å²) in [6.45, 7) is 2.93. The van der Waals surface area contributed by atoms with Gasteiger partial charge in [-0.2, -0.15) is 0 Å². The van der Waals surface area contributed by atoms with Gasteiger partial charge < -0.3 is 21.1 Å². The number of nitrogens with one attached hydrogen (secondary N) is 3. The molecule has 1 unspecified atom stereocenters. The highest BCUT2D eigenvalue weighted by Crippen LogP contribution is 2.14. The molecule has 7 nitrogen and oxygen atoms in total. The van der Waals surface area contributed by atoms with Gasteiger partial charge in [0.25, 0.3) is 0 Å². The van der Waals surface area contributed by atoms with E-state index in [0.717, 1.165) is 0 Å². The molecule has 0 saturated heterocycles. The molecule has 1 atom stereocenters. The van der Waals surface area contributed by atoms with Crippen LogP contribution in [0.1, 0.15) is 20.3 Å². The summed E-state index contributed by atoms with van der Waals surface area (Å²) in [6.07, 6.45) is 0.521. The van der Waals surface area contributed by atoms with Crippen LogP contribution in [0.2, 0.25) is 0 Å². The third kappa shape index (κ3) is 5.62. The van der Waals surface area contributed by atoms with Crippen LogP contribution in [0.15, 0.2) is 24.3 Å². The number of benzene rings is 1. The van der Waals surface area contributed by atoms with Crippen LogP contribution in [0.4, 0.5) is 11.4 Å². The molecule has 0 aliphatic rings. The predicted molar refractivity (Wildman–Crippen MR) is 78.7 cm³/mol. The van der Waals surface area contributed by atoms with Gasteiger partial charge in [-0.25, -0.2) is 0 Å². The average molecular weight is 293 g/mol. The Morgan fingerprint density at radius 3 is 2.29 bits per heavy atom. The highest BCUT2D eigenvalue weighted by molar-refractivity contribution is 6.39.